The Labute approximate surface area is 133 Å². The molecular weight excluding hydrogens is 328 g/mol. The highest BCUT2D eigenvalue weighted by atomic mass is 79.9. The van der Waals surface area contributed by atoms with Crippen LogP contribution in [0.25, 0.3) is 0 Å². The summed E-state index contributed by atoms with van der Waals surface area (Å²) >= 11 is 3.61. The third-order valence-corrected chi connectivity index (χ3v) is 4.30. The van der Waals surface area contributed by atoms with Crippen molar-refractivity contribution in [3.05, 3.63) is 58.1 Å². The number of anilines is 1. The average Bonchev–Trinajstić information content (AvgIpc) is 2.50. The normalized spacial score (nSPS) is 11.5. The maximum absolute atomic E-state index is 8.49. The summed E-state index contributed by atoms with van der Waals surface area (Å²) in [4.78, 5) is 0. The van der Waals surface area contributed by atoms with E-state index in [4.69, 9.17) is 10.00 Å². The monoisotopic (exact) mass is 344 g/mol. The summed E-state index contributed by atoms with van der Waals surface area (Å²) in [6.07, 6.45) is 0. The zero-order valence-electron chi connectivity index (χ0n) is 12.1. The predicted molar refractivity (Wildman–Crippen MR) is 88.5 cm³/mol. The van der Waals surface area contributed by atoms with Crippen LogP contribution in [0.4, 0.5) is 5.69 Å². The fraction of sp³-hybridized carbons (Fsp3) is 0.235. The lowest BCUT2D eigenvalue weighted by atomic mass is 10.1. The first-order valence-electron chi connectivity index (χ1n) is 6.73. The number of rotatable bonds is 5. The van der Waals surface area contributed by atoms with Crippen LogP contribution in [0.15, 0.2) is 46.9 Å². The first-order chi connectivity index (χ1) is 10.1. The molecule has 0 aliphatic carbocycles. The van der Waals surface area contributed by atoms with E-state index in [0.717, 1.165) is 15.7 Å². The molecule has 2 aromatic rings. The van der Waals surface area contributed by atoms with Gasteiger partial charge in [-0.25, -0.2) is 0 Å². The van der Waals surface area contributed by atoms with E-state index in [2.05, 4.69) is 47.2 Å². The summed E-state index contributed by atoms with van der Waals surface area (Å²) in [5.41, 5.74) is 3.44. The molecule has 4 heteroatoms. The smallest absolute Gasteiger partial charge is 0.174 e. The van der Waals surface area contributed by atoms with E-state index in [9.17, 15) is 0 Å². The van der Waals surface area contributed by atoms with Crippen molar-refractivity contribution in [2.45, 2.75) is 19.9 Å². The van der Waals surface area contributed by atoms with Crippen LogP contribution in [0.5, 0.6) is 5.75 Å². The maximum Gasteiger partial charge on any atom is 0.174 e. The van der Waals surface area contributed by atoms with Crippen molar-refractivity contribution >= 4 is 21.6 Å². The van der Waals surface area contributed by atoms with Gasteiger partial charge >= 0.3 is 0 Å². The van der Waals surface area contributed by atoms with Crippen LogP contribution in [0, 0.1) is 18.3 Å². The molecule has 0 radical (unpaired) electrons. The van der Waals surface area contributed by atoms with Gasteiger partial charge in [-0.1, -0.05) is 24.3 Å². The Morgan fingerprint density at radius 3 is 2.62 bits per heavy atom. The Bertz CT molecular complexity index is 647. The van der Waals surface area contributed by atoms with Crippen molar-refractivity contribution < 1.29 is 4.74 Å². The molecule has 0 bridgehead atoms. The third-order valence-electron chi connectivity index (χ3n) is 3.25. The minimum atomic E-state index is 0.0728. The Hall–Kier alpha value is -1.99. The van der Waals surface area contributed by atoms with Gasteiger partial charge in [0.05, 0.1) is 0 Å². The summed E-state index contributed by atoms with van der Waals surface area (Å²) in [5.74, 6) is 0.712. The van der Waals surface area contributed by atoms with Gasteiger partial charge in [-0.15, -0.1) is 0 Å². The van der Waals surface area contributed by atoms with Gasteiger partial charge in [0.1, 0.15) is 11.8 Å². The second kappa shape index (κ2) is 7.14. The van der Waals surface area contributed by atoms with Gasteiger partial charge in [0.2, 0.25) is 0 Å². The zero-order chi connectivity index (χ0) is 15.2. The number of hydrogen-bond donors (Lipinski definition) is 1. The lowest BCUT2D eigenvalue weighted by molar-refractivity contribution is 0.368. The van der Waals surface area contributed by atoms with E-state index in [0.29, 0.717) is 5.75 Å². The number of nitrogens with zero attached hydrogens (tertiary/aromatic N) is 1. The molecule has 0 saturated carbocycles. The molecule has 2 rings (SSSR count). The van der Waals surface area contributed by atoms with Crippen molar-refractivity contribution in [2.24, 2.45) is 0 Å². The molecule has 0 aliphatic rings. The van der Waals surface area contributed by atoms with E-state index in [1.165, 1.54) is 5.56 Å². The van der Waals surface area contributed by atoms with Crippen LogP contribution in [-0.4, -0.2) is 6.61 Å². The second-order valence-corrected chi connectivity index (χ2v) is 5.61. The lowest BCUT2D eigenvalue weighted by Crippen LogP contribution is -2.07. The predicted octanol–water partition coefficient (Wildman–Crippen LogP) is 4.83. The zero-order valence-corrected chi connectivity index (χ0v) is 13.6. The minimum absolute atomic E-state index is 0.0728. The van der Waals surface area contributed by atoms with Gasteiger partial charge in [-0.05, 0) is 59.1 Å². The van der Waals surface area contributed by atoms with Gasteiger partial charge in [-0.2, -0.15) is 5.26 Å². The molecule has 0 heterocycles. The van der Waals surface area contributed by atoms with Crippen LogP contribution in [-0.2, 0) is 0 Å². The molecule has 0 saturated heterocycles. The van der Waals surface area contributed by atoms with Gasteiger partial charge in [0, 0.05) is 16.2 Å². The fourth-order valence-corrected chi connectivity index (χ4v) is 2.42. The van der Waals surface area contributed by atoms with Crippen molar-refractivity contribution in [3.63, 3.8) is 0 Å². The summed E-state index contributed by atoms with van der Waals surface area (Å²) in [6.45, 7) is 4.25. The van der Waals surface area contributed by atoms with Crippen LogP contribution < -0.4 is 10.1 Å². The SMILES string of the molecule is Cc1cccc(NC(C)c2ccc(OCC#N)cc2)c1Br. The van der Waals surface area contributed by atoms with Gasteiger partial charge in [-0.3, -0.25) is 0 Å². The maximum atomic E-state index is 8.49. The molecule has 0 aliphatic heterocycles. The van der Waals surface area contributed by atoms with Crippen molar-refractivity contribution in [2.75, 3.05) is 11.9 Å². The molecule has 0 amide bonds. The van der Waals surface area contributed by atoms with Crippen LogP contribution in [0.3, 0.4) is 0 Å². The number of nitriles is 1. The van der Waals surface area contributed by atoms with Crippen LogP contribution in [0.1, 0.15) is 24.1 Å². The molecule has 1 unspecified atom stereocenters. The van der Waals surface area contributed by atoms with Crippen molar-refractivity contribution in [1.82, 2.24) is 0 Å². The Morgan fingerprint density at radius 1 is 1.24 bits per heavy atom. The van der Waals surface area contributed by atoms with Crippen molar-refractivity contribution in [1.29, 1.82) is 5.26 Å². The number of halogens is 1. The average molecular weight is 345 g/mol. The summed E-state index contributed by atoms with van der Waals surface area (Å²) in [6, 6.07) is 16.1. The Kier molecular flexibility index (Phi) is 5.24. The molecule has 1 N–H and O–H groups in total. The first kappa shape index (κ1) is 15.4. The van der Waals surface area contributed by atoms with Gasteiger partial charge in [0.25, 0.3) is 0 Å². The number of nitrogens with one attached hydrogen (secondary N) is 1. The highest BCUT2D eigenvalue weighted by molar-refractivity contribution is 9.10. The molecule has 3 nitrogen and oxygen atoms in total. The Morgan fingerprint density at radius 2 is 1.95 bits per heavy atom. The van der Waals surface area contributed by atoms with Gasteiger partial charge < -0.3 is 10.1 Å². The minimum Gasteiger partial charge on any atom is -0.479 e. The van der Waals surface area contributed by atoms with E-state index < -0.39 is 0 Å². The molecule has 0 fully saturated rings. The van der Waals surface area contributed by atoms with E-state index in [-0.39, 0.29) is 12.6 Å². The van der Waals surface area contributed by atoms with Crippen LogP contribution >= 0.6 is 15.9 Å². The molecule has 108 valence electrons. The fourth-order valence-electron chi connectivity index (χ4n) is 2.04. The molecule has 0 aromatic heterocycles. The number of benzene rings is 2. The van der Waals surface area contributed by atoms with Crippen molar-refractivity contribution in [3.8, 4) is 11.8 Å². The van der Waals surface area contributed by atoms with E-state index >= 15 is 0 Å². The third kappa shape index (κ3) is 3.99. The Balaban J connectivity index is 2.08. The number of hydrogen-bond acceptors (Lipinski definition) is 3. The molecular formula is C17H17BrN2O. The summed E-state index contributed by atoms with van der Waals surface area (Å²) in [5, 5.41) is 12.0. The number of ether oxygens (including phenoxy) is 1. The van der Waals surface area contributed by atoms with E-state index in [1.54, 1.807) is 0 Å². The van der Waals surface area contributed by atoms with Crippen LogP contribution in [0.2, 0.25) is 0 Å². The summed E-state index contributed by atoms with van der Waals surface area (Å²) < 4.78 is 6.34. The van der Waals surface area contributed by atoms with Gasteiger partial charge in [0.15, 0.2) is 6.61 Å². The standard InChI is InChI=1S/C17H17BrN2O/c1-12-4-3-5-16(17(12)18)20-13(2)14-6-8-15(9-7-14)21-11-10-19/h3-9,13,20H,11H2,1-2H3. The first-order valence-corrected chi connectivity index (χ1v) is 7.52. The van der Waals surface area contributed by atoms with E-state index in [1.807, 2.05) is 36.4 Å². The topological polar surface area (TPSA) is 45.0 Å². The highest BCUT2D eigenvalue weighted by Crippen LogP contribution is 2.29. The lowest BCUT2D eigenvalue weighted by Gasteiger charge is -2.18. The largest absolute Gasteiger partial charge is 0.479 e. The second-order valence-electron chi connectivity index (χ2n) is 4.82. The molecule has 1 atom stereocenters. The molecule has 0 spiro atoms. The summed E-state index contributed by atoms with van der Waals surface area (Å²) in [7, 11) is 0. The molecule has 2 aromatic carbocycles. The number of aryl methyl sites for hydroxylation is 1. The molecule has 21 heavy (non-hydrogen) atoms. The quantitative estimate of drug-likeness (QED) is 0.844. The highest BCUT2D eigenvalue weighted by Gasteiger charge is 2.08.